The van der Waals surface area contributed by atoms with Gasteiger partial charge < -0.3 is 14.2 Å². The van der Waals surface area contributed by atoms with E-state index in [9.17, 15) is 19.2 Å². The summed E-state index contributed by atoms with van der Waals surface area (Å²) in [6, 6.07) is 12.5. The van der Waals surface area contributed by atoms with Crippen molar-refractivity contribution in [2.24, 2.45) is 0 Å². The van der Waals surface area contributed by atoms with Crippen molar-refractivity contribution >= 4 is 23.6 Å². The van der Waals surface area contributed by atoms with E-state index in [1.54, 1.807) is 24.3 Å². The summed E-state index contributed by atoms with van der Waals surface area (Å²) < 4.78 is 14.9. The molecule has 0 heterocycles. The molecule has 0 aliphatic heterocycles. The first-order valence-electron chi connectivity index (χ1n) is 8.97. The van der Waals surface area contributed by atoms with Crippen LogP contribution in [0.15, 0.2) is 48.5 Å². The fraction of sp³-hybridized carbons (Fsp3) is 0.200. The van der Waals surface area contributed by atoms with Crippen molar-refractivity contribution < 1.29 is 33.4 Å². The third-order valence-corrected chi connectivity index (χ3v) is 3.80. The van der Waals surface area contributed by atoms with Crippen LogP contribution in [0.25, 0.3) is 0 Å². The maximum atomic E-state index is 11.9. The van der Waals surface area contributed by atoms with E-state index < -0.39 is 36.8 Å². The first kappa shape index (κ1) is 23.2. The van der Waals surface area contributed by atoms with Gasteiger partial charge in [0.05, 0.1) is 14.2 Å². The largest absolute Gasteiger partial charge is 0.497 e. The predicted molar refractivity (Wildman–Crippen MR) is 108 cm³/mol. The fourth-order valence-electron chi connectivity index (χ4n) is 2.19. The zero-order valence-electron chi connectivity index (χ0n) is 16.9. The highest BCUT2D eigenvalue weighted by Gasteiger charge is 2.10. The molecule has 0 saturated heterocycles. The summed E-state index contributed by atoms with van der Waals surface area (Å²) >= 11 is 0. The molecule has 31 heavy (non-hydrogen) atoms. The molecule has 164 valence electrons. The molecule has 4 N–H and O–H groups in total. The molecule has 2 aromatic rings. The van der Waals surface area contributed by atoms with Crippen LogP contribution in [0.4, 0.5) is 0 Å². The van der Waals surface area contributed by atoms with E-state index in [1.165, 1.54) is 38.5 Å². The van der Waals surface area contributed by atoms with Crippen molar-refractivity contribution in [1.82, 2.24) is 21.7 Å². The summed E-state index contributed by atoms with van der Waals surface area (Å²) in [6.07, 6.45) is 0. The minimum absolute atomic E-state index is 0.314. The van der Waals surface area contributed by atoms with Gasteiger partial charge in [-0.25, -0.2) is 0 Å². The summed E-state index contributed by atoms with van der Waals surface area (Å²) in [5, 5.41) is 0. The number of carbonyl (C=O) groups is 4. The number of amides is 4. The minimum Gasteiger partial charge on any atom is -0.497 e. The van der Waals surface area contributed by atoms with Gasteiger partial charge in [-0.3, -0.25) is 40.9 Å². The Morgan fingerprint density at radius 1 is 0.613 bits per heavy atom. The Labute approximate surface area is 178 Å². The van der Waals surface area contributed by atoms with E-state index in [1.807, 2.05) is 0 Å². The molecule has 2 aromatic carbocycles. The van der Waals surface area contributed by atoms with Gasteiger partial charge in [0, 0.05) is 11.1 Å². The van der Waals surface area contributed by atoms with Crippen molar-refractivity contribution in [3.8, 4) is 11.5 Å². The maximum Gasteiger partial charge on any atom is 0.269 e. The maximum absolute atomic E-state index is 11.9. The predicted octanol–water partition coefficient (Wildman–Crippen LogP) is -0.0574. The molecule has 0 bridgehead atoms. The van der Waals surface area contributed by atoms with E-state index in [0.717, 1.165) is 0 Å². The zero-order chi connectivity index (χ0) is 22.6. The molecule has 0 unspecified atom stereocenters. The number of rotatable bonds is 8. The fourth-order valence-corrected chi connectivity index (χ4v) is 2.19. The topological polar surface area (TPSA) is 144 Å². The second-order valence-corrected chi connectivity index (χ2v) is 5.95. The molecule has 11 nitrogen and oxygen atoms in total. The van der Waals surface area contributed by atoms with Crippen molar-refractivity contribution in [3.05, 3.63) is 59.7 Å². The Kier molecular flexibility index (Phi) is 8.80. The average molecular weight is 430 g/mol. The summed E-state index contributed by atoms with van der Waals surface area (Å²) in [5.41, 5.74) is 9.37. The van der Waals surface area contributed by atoms with E-state index in [0.29, 0.717) is 22.6 Å². The number of methoxy groups -OCH3 is 2. The molecule has 2 rings (SSSR count). The standard InChI is InChI=1S/C20H22N4O7/c1-29-15-7-3-13(4-8-15)19(27)23-21-17(25)11-31-12-18(26)22-24-20(28)14-5-9-16(30-2)10-6-14/h3-10H,11-12H2,1-2H3,(H,21,25)(H,22,26)(H,23,27)(H,24,28). The van der Waals surface area contributed by atoms with Gasteiger partial charge in [-0.05, 0) is 48.5 Å². The van der Waals surface area contributed by atoms with Crippen LogP contribution in [-0.4, -0.2) is 51.1 Å². The van der Waals surface area contributed by atoms with Gasteiger partial charge in [0.15, 0.2) is 0 Å². The quantitative estimate of drug-likeness (QED) is 0.430. The number of hydrazine groups is 2. The lowest BCUT2D eigenvalue weighted by Gasteiger charge is -2.09. The van der Waals surface area contributed by atoms with Crippen LogP contribution in [0.5, 0.6) is 11.5 Å². The van der Waals surface area contributed by atoms with Gasteiger partial charge in [0.1, 0.15) is 24.7 Å². The number of ether oxygens (including phenoxy) is 3. The van der Waals surface area contributed by atoms with Gasteiger partial charge >= 0.3 is 0 Å². The Morgan fingerprint density at radius 2 is 0.968 bits per heavy atom. The van der Waals surface area contributed by atoms with E-state index in [-0.39, 0.29) is 0 Å². The molecule has 11 heteroatoms. The summed E-state index contributed by atoms with van der Waals surface area (Å²) in [4.78, 5) is 47.2. The molecular formula is C20H22N4O7. The number of benzene rings is 2. The van der Waals surface area contributed by atoms with Gasteiger partial charge in [-0.2, -0.15) is 0 Å². The second-order valence-electron chi connectivity index (χ2n) is 5.95. The molecule has 4 amide bonds. The number of hydrogen-bond acceptors (Lipinski definition) is 7. The van der Waals surface area contributed by atoms with Crippen molar-refractivity contribution in [2.45, 2.75) is 0 Å². The first-order valence-corrected chi connectivity index (χ1v) is 8.97. The van der Waals surface area contributed by atoms with Crippen LogP contribution in [0.3, 0.4) is 0 Å². The van der Waals surface area contributed by atoms with Crippen LogP contribution >= 0.6 is 0 Å². The number of carbonyl (C=O) groups excluding carboxylic acids is 4. The Balaban J connectivity index is 1.62. The molecule has 0 saturated carbocycles. The molecule has 0 aliphatic rings. The lowest BCUT2D eigenvalue weighted by Crippen LogP contribution is -2.45. The van der Waals surface area contributed by atoms with E-state index >= 15 is 0 Å². The van der Waals surface area contributed by atoms with Crippen LogP contribution in [0.1, 0.15) is 20.7 Å². The van der Waals surface area contributed by atoms with Gasteiger partial charge in [-0.15, -0.1) is 0 Å². The molecule has 0 aliphatic carbocycles. The SMILES string of the molecule is COc1ccc(C(=O)NNC(=O)COCC(=O)NNC(=O)c2ccc(OC)cc2)cc1. The van der Waals surface area contributed by atoms with Crippen LogP contribution in [0, 0.1) is 0 Å². The smallest absolute Gasteiger partial charge is 0.269 e. The zero-order valence-corrected chi connectivity index (χ0v) is 16.9. The molecule has 0 spiro atoms. The minimum atomic E-state index is -0.670. The first-order chi connectivity index (χ1) is 14.9. The van der Waals surface area contributed by atoms with E-state index in [4.69, 9.17) is 14.2 Å². The monoisotopic (exact) mass is 430 g/mol. The summed E-state index contributed by atoms with van der Waals surface area (Å²) in [7, 11) is 3.01. The van der Waals surface area contributed by atoms with Crippen LogP contribution in [0.2, 0.25) is 0 Å². The van der Waals surface area contributed by atoms with Crippen LogP contribution < -0.4 is 31.2 Å². The third kappa shape index (κ3) is 7.66. The lowest BCUT2D eigenvalue weighted by atomic mass is 10.2. The highest BCUT2D eigenvalue weighted by atomic mass is 16.5. The van der Waals surface area contributed by atoms with Crippen LogP contribution in [-0.2, 0) is 14.3 Å². The van der Waals surface area contributed by atoms with Gasteiger partial charge in [0.25, 0.3) is 23.6 Å². The summed E-state index contributed by atoms with van der Waals surface area (Å²) in [6.45, 7) is -0.967. The third-order valence-electron chi connectivity index (χ3n) is 3.80. The molecule has 0 atom stereocenters. The van der Waals surface area contributed by atoms with Crippen molar-refractivity contribution in [2.75, 3.05) is 27.4 Å². The van der Waals surface area contributed by atoms with Crippen molar-refractivity contribution in [1.29, 1.82) is 0 Å². The number of nitrogens with one attached hydrogen (secondary N) is 4. The highest BCUT2D eigenvalue weighted by Crippen LogP contribution is 2.11. The Bertz CT molecular complexity index is 839. The Hall–Kier alpha value is -4.12. The molecule has 0 aromatic heterocycles. The molecular weight excluding hydrogens is 408 g/mol. The molecule has 0 radical (unpaired) electrons. The lowest BCUT2D eigenvalue weighted by molar-refractivity contribution is -0.131. The van der Waals surface area contributed by atoms with Gasteiger partial charge in [-0.1, -0.05) is 0 Å². The van der Waals surface area contributed by atoms with Gasteiger partial charge in [0.2, 0.25) is 0 Å². The second kappa shape index (κ2) is 11.8. The number of hydrogen-bond donors (Lipinski definition) is 4. The average Bonchev–Trinajstić information content (AvgIpc) is 2.81. The highest BCUT2D eigenvalue weighted by molar-refractivity contribution is 5.96. The normalized spacial score (nSPS) is 9.87. The van der Waals surface area contributed by atoms with Crippen molar-refractivity contribution in [3.63, 3.8) is 0 Å². The Morgan fingerprint density at radius 3 is 1.29 bits per heavy atom. The van der Waals surface area contributed by atoms with E-state index in [2.05, 4.69) is 21.7 Å². The molecule has 0 fully saturated rings. The summed E-state index contributed by atoms with van der Waals surface area (Å²) in [5.74, 6) is -1.22.